The van der Waals surface area contributed by atoms with E-state index in [-0.39, 0.29) is 0 Å². The standard InChI is InChI=1S/C59H38N4O/c60-39-40-28-30-43(31-29-40)44-20-15-21-45(34-44)56-61-57(63-58(62-56)49-36-47(41-16-5-1-6-17-41)35-48(37-49)42-18-7-2-8-19-42)46-32-33-55-53(38-46)52-26-13-14-27-54(52)59(64-55,50-22-9-3-10-23-50)51-24-11-4-12-25-51/h1-38H. The average Bonchev–Trinajstić information content (AvgIpc) is 3.39. The van der Waals surface area contributed by atoms with Crippen molar-refractivity contribution in [3.8, 4) is 90.5 Å². The largest absolute Gasteiger partial charge is 0.472 e. The van der Waals surface area contributed by atoms with Crippen LogP contribution in [0.5, 0.6) is 5.75 Å². The van der Waals surface area contributed by atoms with E-state index in [0.29, 0.717) is 23.0 Å². The van der Waals surface area contributed by atoms with Gasteiger partial charge in [-0.25, -0.2) is 15.0 Å². The molecule has 9 aromatic carbocycles. The first-order valence-electron chi connectivity index (χ1n) is 21.3. The lowest BCUT2D eigenvalue weighted by Gasteiger charge is -2.41. The molecule has 5 heteroatoms. The Hall–Kier alpha value is -8.72. The van der Waals surface area contributed by atoms with Gasteiger partial charge in [-0.05, 0) is 93.5 Å². The van der Waals surface area contributed by atoms with Crippen LogP contribution in [0.25, 0.3) is 78.7 Å². The van der Waals surface area contributed by atoms with Crippen molar-refractivity contribution in [3.63, 3.8) is 0 Å². The Morgan fingerprint density at radius 1 is 0.344 bits per heavy atom. The molecule has 0 spiro atoms. The molecule has 1 aliphatic heterocycles. The van der Waals surface area contributed by atoms with Crippen LogP contribution in [0.2, 0.25) is 0 Å². The van der Waals surface area contributed by atoms with Crippen LogP contribution in [0.15, 0.2) is 231 Å². The summed E-state index contributed by atoms with van der Waals surface area (Å²) in [4.78, 5) is 15.8. The predicted molar refractivity (Wildman–Crippen MR) is 256 cm³/mol. The molecule has 0 amide bonds. The summed E-state index contributed by atoms with van der Waals surface area (Å²) in [6, 6.07) is 81.2. The molecule has 1 aliphatic rings. The summed E-state index contributed by atoms with van der Waals surface area (Å²) < 4.78 is 7.30. The Kier molecular flexibility index (Phi) is 9.72. The Morgan fingerprint density at radius 3 is 1.38 bits per heavy atom. The zero-order chi connectivity index (χ0) is 42.9. The molecular weight excluding hydrogens is 781 g/mol. The van der Waals surface area contributed by atoms with Crippen molar-refractivity contribution >= 4 is 0 Å². The van der Waals surface area contributed by atoms with Crippen LogP contribution in [-0.4, -0.2) is 15.0 Å². The monoisotopic (exact) mass is 818 g/mol. The average molecular weight is 819 g/mol. The highest BCUT2D eigenvalue weighted by Gasteiger charge is 2.44. The summed E-state index contributed by atoms with van der Waals surface area (Å²) in [5.41, 5.74) is 13.8. The van der Waals surface area contributed by atoms with E-state index in [4.69, 9.17) is 19.7 Å². The van der Waals surface area contributed by atoms with E-state index in [2.05, 4.69) is 176 Å². The van der Waals surface area contributed by atoms with E-state index >= 15 is 0 Å². The fourth-order valence-electron chi connectivity index (χ4n) is 8.84. The SMILES string of the molecule is N#Cc1ccc(-c2cccc(-c3nc(-c4cc(-c5ccccc5)cc(-c5ccccc5)c4)nc(-c4ccc5c(c4)-c4ccccc4C(c4ccccc4)(c4ccccc4)O5)n3)c2)cc1. The number of rotatable bonds is 8. The lowest BCUT2D eigenvalue weighted by atomic mass is 9.75. The fraction of sp³-hybridized carbons (Fsp3) is 0.0169. The first-order chi connectivity index (χ1) is 31.6. The molecule has 0 unspecified atom stereocenters. The van der Waals surface area contributed by atoms with Crippen LogP contribution in [-0.2, 0) is 5.60 Å². The van der Waals surface area contributed by atoms with Crippen molar-refractivity contribution in [1.29, 1.82) is 5.26 Å². The zero-order valence-corrected chi connectivity index (χ0v) is 34.6. The second-order valence-corrected chi connectivity index (χ2v) is 15.9. The van der Waals surface area contributed by atoms with Crippen LogP contribution < -0.4 is 4.74 Å². The molecule has 0 bridgehead atoms. The first kappa shape index (κ1) is 38.2. The van der Waals surface area contributed by atoms with Gasteiger partial charge in [0, 0.05) is 38.9 Å². The first-order valence-corrected chi connectivity index (χ1v) is 21.3. The molecular formula is C59H38N4O. The Balaban J connectivity index is 1.10. The van der Waals surface area contributed by atoms with Crippen molar-refractivity contribution < 1.29 is 4.74 Å². The number of hydrogen-bond donors (Lipinski definition) is 0. The molecule has 10 aromatic rings. The smallest absolute Gasteiger partial charge is 0.185 e. The molecule has 2 heterocycles. The van der Waals surface area contributed by atoms with Crippen LogP contribution >= 0.6 is 0 Å². The molecule has 1 aromatic heterocycles. The van der Waals surface area contributed by atoms with E-state index in [1.807, 2.05) is 60.7 Å². The minimum absolute atomic E-state index is 0.540. The lowest BCUT2D eigenvalue weighted by Crippen LogP contribution is -2.38. The summed E-state index contributed by atoms with van der Waals surface area (Å²) >= 11 is 0. The van der Waals surface area contributed by atoms with E-state index in [0.717, 1.165) is 83.6 Å². The molecule has 300 valence electrons. The number of benzene rings is 9. The van der Waals surface area contributed by atoms with Crippen LogP contribution in [0.1, 0.15) is 22.3 Å². The van der Waals surface area contributed by atoms with Gasteiger partial charge in [0.25, 0.3) is 0 Å². The summed E-state index contributed by atoms with van der Waals surface area (Å²) in [6.07, 6.45) is 0. The van der Waals surface area contributed by atoms with E-state index < -0.39 is 5.60 Å². The lowest BCUT2D eigenvalue weighted by molar-refractivity contribution is 0.152. The van der Waals surface area contributed by atoms with Gasteiger partial charge in [-0.3, -0.25) is 0 Å². The highest BCUT2D eigenvalue weighted by Crippen LogP contribution is 2.52. The quantitative estimate of drug-likeness (QED) is 0.153. The van der Waals surface area contributed by atoms with E-state index in [1.54, 1.807) is 0 Å². The van der Waals surface area contributed by atoms with Gasteiger partial charge >= 0.3 is 0 Å². The summed E-state index contributed by atoms with van der Waals surface area (Å²) in [5, 5.41) is 9.45. The minimum Gasteiger partial charge on any atom is -0.472 e. The predicted octanol–water partition coefficient (Wildman–Crippen LogP) is 14.1. The molecule has 0 radical (unpaired) electrons. The molecule has 11 rings (SSSR count). The highest BCUT2D eigenvalue weighted by molar-refractivity contribution is 5.84. The number of ether oxygens (including phenoxy) is 1. The highest BCUT2D eigenvalue weighted by atomic mass is 16.5. The van der Waals surface area contributed by atoms with Gasteiger partial charge < -0.3 is 4.74 Å². The molecule has 0 fully saturated rings. The summed E-state index contributed by atoms with van der Waals surface area (Å²) in [7, 11) is 0. The Morgan fingerprint density at radius 2 is 0.781 bits per heavy atom. The maximum absolute atomic E-state index is 9.45. The fourth-order valence-corrected chi connectivity index (χ4v) is 8.84. The number of aromatic nitrogens is 3. The van der Waals surface area contributed by atoms with Crippen molar-refractivity contribution in [1.82, 2.24) is 15.0 Å². The molecule has 0 atom stereocenters. The number of nitriles is 1. The Labute approximate surface area is 372 Å². The second-order valence-electron chi connectivity index (χ2n) is 15.9. The van der Waals surface area contributed by atoms with Gasteiger partial charge in [-0.2, -0.15) is 5.26 Å². The van der Waals surface area contributed by atoms with Crippen molar-refractivity contribution in [2.24, 2.45) is 0 Å². The third-order valence-electron chi connectivity index (χ3n) is 12.0. The van der Waals surface area contributed by atoms with Crippen LogP contribution in [0, 0.1) is 11.3 Å². The van der Waals surface area contributed by atoms with Crippen molar-refractivity contribution in [2.45, 2.75) is 5.60 Å². The molecule has 0 aliphatic carbocycles. The normalized spacial score (nSPS) is 12.3. The molecule has 0 saturated carbocycles. The summed E-state index contributed by atoms with van der Waals surface area (Å²) in [6.45, 7) is 0. The maximum Gasteiger partial charge on any atom is 0.185 e. The van der Waals surface area contributed by atoms with Crippen molar-refractivity contribution in [2.75, 3.05) is 0 Å². The van der Waals surface area contributed by atoms with Gasteiger partial charge in [0.1, 0.15) is 5.75 Å². The maximum atomic E-state index is 9.45. The van der Waals surface area contributed by atoms with Crippen LogP contribution in [0.4, 0.5) is 0 Å². The number of hydrogen-bond acceptors (Lipinski definition) is 5. The third-order valence-corrected chi connectivity index (χ3v) is 12.0. The zero-order valence-electron chi connectivity index (χ0n) is 34.6. The minimum atomic E-state index is -0.874. The molecule has 64 heavy (non-hydrogen) atoms. The Bertz CT molecular complexity index is 3250. The number of fused-ring (bicyclic) bond motifs is 3. The van der Waals surface area contributed by atoms with Crippen LogP contribution in [0.3, 0.4) is 0 Å². The van der Waals surface area contributed by atoms with Gasteiger partial charge in [0.05, 0.1) is 11.6 Å². The van der Waals surface area contributed by atoms with Gasteiger partial charge in [0.2, 0.25) is 0 Å². The van der Waals surface area contributed by atoms with Gasteiger partial charge in [0.15, 0.2) is 23.1 Å². The van der Waals surface area contributed by atoms with E-state index in [1.165, 1.54) is 0 Å². The summed E-state index contributed by atoms with van der Waals surface area (Å²) in [5.74, 6) is 2.41. The second kappa shape index (κ2) is 16.3. The number of nitrogens with zero attached hydrogens (tertiary/aromatic N) is 4. The molecule has 5 nitrogen and oxygen atoms in total. The van der Waals surface area contributed by atoms with Crippen molar-refractivity contribution in [3.05, 3.63) is 253 Å². The van der Waals surface area contributed by atoms with E-state index in [9.17, 15) is 5.26 Å². The third kappa shape index (κ3) is 7.00. The topological polar surface area (TPSA) is 71.7 Å². The molecule has 0 saturated heterocycles. The molecule has 0 N–H and O–H groups in total. The van der Waals surface area contributed by atoms with Gasteiger partial charge in [-0.15, -0.1) is 0 Å². The van der Waals surface area contributed by atoms with Gasteiger partial charge in [-0.1, -0.05) is 176 Å².